The van der Waals surface area contributed by atoms with Crippen LogP contribution in [0.25, 0.3) is 0 Å². The van der Waals surface area contributed by atoms with Crippen LogP contribution in [0.1, 0.15) is 43.4 Å². The summed E-state index contributed by atoms with van der Waals surface area (Å²) in [7, 11) is 4.61. The largest absolute Gasteiger partial charge is 0.493 e. The third kappa shape index (κ3) is 4.23. The molecule has 1 amide bonds. The first kappa shape index (κ1) is 23.4. The highest BCUT2D eigenvalue weighted by atomic mass is 16.5. The second kappa shape index (κ2) is 9.59. The Kier molecular flexibility index (Phi) is 6.58. The number of Topliss-reactive ketones (excluding diaryl/α,β-unsaturated/α-hetero) is 1. The lowest BCUT2D eigenvalue weighted by atomic mass is 9.75. The van der Waals surface area contributed by atoms with Crippen LogP contribution in [-0.4, -0.2) is 38.0 Å². The summed E-state index contributed by atoms with van der Waals surface area (Å²) in [6.07, 6.45) is 1.96. The van der Waals surface area contributed by atoms with Crippen molar-refractivity contribution >= 4 is 17.5 Å². The third-order valence-corrected chi connectivity index (χ3v) is 6.17. The smallest absolute Gasteiger partial charge is 0.255 e. The number of anilines is 1. The molecule has 2 aromatic rings. The van der Waals surface area contributed by atoms with E-state index >= 15 is 0 Å². The average molecular weight is 464 g/mol. The number of benzene rings is 1. The highest BCUT2D eigenvalue weighted by molar-refractivity contribution is 6.09. The van der Waals surface area contributed by atoms with E-state index in [1.54, 1.807) is 18.2 Å². The van der Waals surface area contributed by atoms with Crippen molar-refractivity contribution in [2.24, 2.45) is 0 Å². The van der Waals surface area contributed by atoms with Crippen molar-refractivity contribution in [1.82, 2.24) is 10.3 Å². The number of carbonyl (C=O) groups excluding carboxylic acids is 2. The number of dihydropyridines is 1. The molecule has 1 atom stereocenters. The van der Waals surface area contributed by atoms with Gasteiger partial charge in [-0.2, -0.15) is 0 Å². The Morgan fingerprint density at radius 1 is 1.06 bits per heavy atom. The number of hydrogen-bond donors (Lipinski definition) is 2. The fourth-order valence-electron chi connectivity index (χ4n) is 4.68. The molecule has 178 valence electrons. The molecule has 0 saturated heterocycles. The van der Waals surface area contributed by atoms with Crippen LogP contribution in [-0.2, 0) is 9.59 Å². The molecule has 0 fully saturated rings. The van der Waals surface area contributed by atoms with E-state index < -0.39 is 5.92 Å². The van der Waals surface area contributed by atoms with Crippen LogP contribution in [0, 0.1) is 6.92 Å². The number of ether oxygens (including phenoxy) is 3. The molecule has 0 bridgehead atoms. The Morgan fingerprint density at radius 2 is 1.76 bits per heavy atom. The SMILES string of the molecule is COc1cc(C2C(C(=O)Nc3cccc(C)n3)=C(C)NC3=C2C(=O)CCC3)cc(OC)c1OC. The number of ketones is 1. The van der Waals surface area contributed by atoms with Gasteiger partial charge in [-0.25, -0.2) is 4.98 Å². The van der Waals surface area contributed by atoms with E-state index in [4.69, 9.17) is 14.2 Å². The van der Waals surface area contributed by atoms with Gasteiger partial charge in [0.1, 0.15) is 5.82 Å². The lowest BCUT2D eigenvalue weighted by Gasteiger charge is -2.34. The second-order valence-electron chi connectivity index (χ2n) is 8.34. The van der Waals surface area contributed by atoms with E-state index in [9.17, 15) is 9.59 Å². The van der Waals surface area contributed by atoms with Gasteiger partial charge in [-0.05, 0) is 56.5 Å². The number of aryl methyl sites for hydroxylation is 1. The Labute approximate surface area is 199 Å². The lowest BCUT2D eigenvalue weighted by molar-refractivity contribution is -0.116. The van der Waals surface area contributed by atoms with Crippen molar-refractivity contribution in [3.63, 3.8) is 0 Å². The van der Waals surface area contributed by atoms with Gasteiger partial charge in [-0.3, -0.25) is 9.59 Å². The van der Waals surface area contributed by atoms with Crippen molar-refractivity contribution in [3.8, 4) is 17.2 Å². The van der Waals surface area contributed by atoms with Gasteiger partial charge in [0.15, 0.2) is 17.3 Å². The highest BCUT2D eigenvalue weighted by Gasteiger charge is 2.39. The number of pyridine rings is 1. The summed E-state index contributed by atoms with van der Waals surface area (Å²) in [5.74, 6) is 0.914. The summed E-state index contributed by atoms with van der Waals surface area (Å²) in [6, 6.07) is 9.03. The Bertz CT molecular complexity index is 1190. The molecule has 1 unspecified atom stereocenters. The maximum Gasteiger partial charge on any atom is 0.255 e. The number of nitrogens with one attached hydrogen (secondary N) is 2. The lowest BCUT2D eigenvalue weighted by Crippen LogP contribution is -2.35. The standard InChI is InChI=1S/C26H29N3O5/c1-14-8-6-11-21(27-14)29-26(31)22-15(2)28-17-9-7-10-18(30)24(17)23(22)16-12-19(32-3)25(34-5)20(13-16)33-4/h6,8,11-13,23,28H,7,9-10H2,1-5H3,(H,27,29,31). The van der Waals surface area contributed by atoms with Crippen LogP contribution in [0.4, 0.5) is 5.82 Å². The molecule has 0 radical (unpaired) electrons. The van der Waals surface area contributed by atoms with Gasteiger partial charge in [-0.1, -0.05) is 6.07 Å². The third-order valence-electron chi connectivity index (χ3n) is 6.17. The van der Waals surface area contributed by atoms with Gasteiger partial charge in [0, 0.05) is 40.6 Å². The zero-order chi connectivity index (χ0) is 24.4. The van der Waals surface area contributed by atoms with Crippen molar-refractivity contribution in [2.75, 3.05) is 26.6 Å². The number of nitrogens with zero attached hydrogens (tertiary/aromatic N) is 1. The zero-order valence-corrected chi connectivity index (χ0v) is 20.1. The van der Waals surface area contributed by atoms with Crippen LogP contribution in [0.2, 0.25) is 0 Å². The summed E-state index contributed by atoms with van der Waals surface area (Å²) in [5, 5.41) is 6.23. The molecule has 2 N–H and O–H groups in total. The first-order valence-corrected chi connectivity index (χ1v) is 11.2. The molecular formula is C26H29N3O5. The van der Waals surface area contributed by atoms with Gasteiger partial charge in [0.05, 0.1) is 21.3 Å². The normalized spacial score (nSPS) is 17.7. The summed E-state index contributed by atoms with van der Waals surface area (Å²) in [4.78, 5) is 31.2. The number of methoxy groups -OCH3 is 3. The predicted octanol–water partition coefficient (Wildman–Crippen LogP) is 4.02. The Hall–Kier alpha value is -3.81. The summed E-state index contributed by atoms with van der Waals surface area (Å²) in [6.45, 7) is 3.71. The molecule has 1 aromatic heterocycles. The summed E-state index contributed by atoms with van der Waals surface area (Å²) in [5.41, 5.74) is 4.11. The van der Waals surface area contributed by atoms with Crippen LogP contribution in [0.5, 0.6) is 17.2 Å². The quantitative estimate of drug-likeness (QED) is 0.668. The first-order valence-electron chi connectivity index (χ1n) is 11.2. The van der Waals surface area contributed by atoms with Crippen LogP contribution < -0.4 is 24.8 Å². The van der Waals surface area contributed by atoms with Crippen molar-refractivity contribution in [3.05, 3.63) is 64.1 Å². The molecule has 1 aliphatic carbocycles. The molecule has 4 rings (SSSR count). The number of amides is 1. The number of carbonyl (C=O) groups is 2. The summed E-state index contributed by atoms with van der Waals surface area (Å²) < 4.78 is 16.6. The molecule has 34 heavy (non-hydrogen) atoms. The minimum absolute atomic E-state index is 0.0268. The maximum absolute atomic E-state index is 13.6. The maximum atomic E-state index is 13.6. The van der Waals surface area contributed by atoms with E-state index in [-0.39, 0.29) is 11.7 Å². The minimum atomic E-state index is -0.595. The van der Waals surface area contributed by atoms with Crippen molar-refractivity contribution in [2.45, 2.75) is 39.0 Å². The van der Waals surface area contributed by atoms with Gasteiger partial charge in [0.25, 0.3) is 5.91 Å². The molecule has 0 saturated carbocycles. The Morgan fingerprint density at radius 3 is 2.38 bits per heavy atom. The zero-order valence-electron chi connectivity index (χ0n) is 20.1. The van der Waals surface area contributed by atoms with Crippen molar-refractivity contribution < 1.29 is 23.8 Å². The summed E-state index contributed by atoms with van der Waals surface area (Å²) >= 11 is 0. The molecule has 1 aliphatic heterocycles. The van der Waals surface area contributed by atoms with Crippen LogP contribution in [0.3, 0.4) is 0 Å². The predicted molar refractivity (Wildman–Crippen MR) is 128 cm³/mol. The molecule has 8 heteroatoms. The molecular weight excluding hydrogens is 434 g/mol. The molecule has 2 aliphatic rings. The number of hydrogen-bond acceptors (Lipinski definition) is 7. The highest BCUT2D eigenvalue weighted by Crippen LogP contribution is 2.47. The first-order chi connectivity index (χ1) is 16.4. The molecule has 0 spiro atoms. The van der Waals surface area contributed by atoms with Crippen LogP contribution in [0.15, 0.2) is 52.9 Å². The topological polar surface area (TPSA) is 98.8 Å². The molecule has 8 nitrogen and oxygen atoms in total. The monoisotopic (exact) mass is 463 g/mol. The number of allylic oxidation sites excluding steroid dienone is 3. The van der Waals surface area contributed by atoms with E-state index in [1.807, 2.05) is 26.0 Å². The number of aromatic nitrogens is 1. The molecule has 2 heterocycles. The van der Waals surface area contributed by atoms with E-state index in [0.29, 0.717) is 51.9 Å². The number of rotatable bonds is 6. The van der Waals surface area contributed by atoms with Gasteiger partial charge in [0.2, 0.25) is 5.75 Å². The van der Waals surface area contributed by atoms with Crippen molar-refractivity contribution in [1.29, 1.82) is 0 Å². The Balaban J connectivity index is 1.87. The van der Waals surface area contributed by atoms with Gasteiger partial charge in [-0.15, -0.1) is 0 Å². The van der Waals surface area contributed by atoms with Crippen LogP contribution >= 0.6 is 0 Å². The van der Waals surface area contributed by atoms with Gasteiger partial charge < -0.3 is 24.8 Å². The fourth-order valence-corrected chi connectivity index (χ4v) is 4.68. The van der Waals surface area contributed by atoms with E-state index in [2.05, 4.69) is 15.6 Å². The van der Waals surface area contributed by atoms with E-state index in [1.165, 1.54) is 21.3 Å². The second-order valence-corrected chi connectivity index (χ2v) is 8.34. The molecule has 1 aromatic carbocycles. The van der Waals surface area contributed by atoms with Gasteiger partial charge >= 0.3 is 0 Å². The average Bonchev–Trinajstić information content (AvgIpc) is 2.82. The van der Waals surface area contributed by atoms with E-state index in [0.717, 1.165) is 24.2 Å². The fraction of sp³-hybridized carbons (Fsp3) is 0.346. The minimum Gasteiger partial charge on any atom is -0.493 e.